The van der Waals surface area contributed by atoms with Crippen molar-refractivity contribution >= 4 is 11.8 Å². The van der Waals surface area contributed by atoms with Crippen molar-refractivity contribution in [3.05, 3.63) is 0 Å². The Kier molecular flexibility index (Phi) is 3.70. The Morgan fingerprint density at radius 1 is 1.54 bits per heavy atom. The van der Waals surface area contributed by atoms with E-state index >= 15 is 0 Å². The fraction of sp³-hybridized carbons (Fsp3) is 0.750. The highest BCUT2D eigenvalue weighted by atomic mass is 16.2. The molecular formula is C8H15N3O2. The Balaban J connectivity index is 2.13. The zero-order valence-electron chi connectivity index (χ0n) is 7.51. The molecule has 5 heteroatoms. The van der Waals surface area contributed by atoms with Crippen molar-refractivity contribution in [2.24, 2.45) is 5.73 Å². The van der Waals surface area contributed by atoms with Gasteiger partial charge in [0.05, 0.1) is 6.04 Å². The van der Waals surface area contributed by atoms with Gasteiger partial charge in [-0.3, -0.25) is 9.59 Å². The Morgan fingerprint density at radius 3 is 2.85 bits per heavy atom. The lowest BCUT2D eigenvalue weighted by atomic mass is 10.2. The lowest BCUT2D eigenvalue weighted by molar-refractivity contribution is -0.123. The van der Waals surface area contributed by atoms with E-state index in [9.17, 15) is 9.59 Å². The van der Waals surface area contributed by atoms with Gasteiger partial charge in [-0.15, -0.1) is 0 Å². The third-order valence-corrected chi connectivity index (χ3v) is 2.05. The second-order valence-corrected chi connectivity index (χ2v) is 3.16. The summed E-state index contributed by atoms with van der Waals surface area (Å²) in [7, 11) is 0. The summed E-state index contributed by atoms with van der Waals surface area (Å²) in [5, 5.41) is 5.72. The van der Waals surface area contributed by atoms with Crippen LogP contribution in [0.25, 0.3) is 0 Å². The average molecular weight is 185 g/mol. The van der Waals surface area contributed by atoms with Crippen LogP contribution in [0, 0.1) is 0 Å². The molecule has 0 aromatic carbocycles. The summed E-state index contributed by atoms with van der Waals surface area (Å²) in [4.78, 5) is 21.7. The predicted molar refractivity (Wildman–Crippen MR) is 47.8 cm³/mol. The maximum Gasteiger partial charge on any atom is 0.237 e. The van der Waals surface area contributed by atoms with Crippen molar-refractivity contribution in [3.63, 3.8) is 0 Å². The summed E-state index contributed by atoms with van der Waals surface area (Å²) < 4.78 is 0. The molecule has 1 aliphatic heterocycles. The summed E-state index contributed by atoms with van der Waals surface area (Å²) >= 11 is 0. The van der Waals surface area contributed by atoms with E-state index in [1.807, 2.05) is 0 Å². The van der Waals surface area contributed by atoms with E-state index in [0.29, 0.717) is 6.54 Å². The molecule has 1 fully saturated rings. The zero-order chi connectivity index (χ0) is 9.68. The summed E-state index contributed by atoms with van der Waals surface area (Å²) in [5.41, 5.74) is 4.93. The Hall–Kier alpha value is -1.10. The smallest absolute Gasteiger partial charge is 0.237 e. The van der Waals surface area contributed by atoms with Crippen LogP contribution in [-0.2, 0) is 9.59 Å². The van der Waals surface area contributed by atoms with Crippen LogP contribution in [-0.4, -0.2) is 30.9 Å². The first-order chi connectivity index (χ1) is 6.20. The molecule has 0 aromatic heterocycles. The first-order valence-electron chi connectivity index (χ1n) is 4.49. The number of amides is 2. The van der Waals surface area contributed by atoms with Gasteiger partial charge in [0.15, 0.2) is 0 Å². The Bertz CT molecular complexity index is 200. The molecule has 0 bridgehead atoms. The van der Waals surface area contributed by atoms with E-state index in [-0.39, 0.29) is 24.3 Å². The highest BCUT2D eigenvalue weighted by Crippen LogP contribution is 2.04. The van der Waals surface area contributed by atoms with Crippen molar-refractivity contribution < 1.29 is 9.59 Å². The summed E-state index contributed by atoms with van der Waals surface area (Å²) in [6.45, 7) is 1.24. The lowest BCUT2D eigenvalue weighted by Gasteiger charge is -2.09. The minimum Gasteiger partial charge on any atom is -0.370 e. The van der Waals surface area contributed by atoms with Gasteiger partial charge < -0.3 is 16.4 Å². The number of primary amides is 1. The molecule has 1 atom stereocenters. The van der Waals surface area contributed by atoms with Crippen LogP contribution in [0.2, 0.25) is 0 Å². The fourth-order valence-corrected chi connectivity index (χ4v) is 1.34. The minimum absolute atomic E-state index is 0.0289. The summed E-state index contributed by atoms with van der Waals surface area (Å²) in [6, 6.07) is -0.0760. The largest absolute Gasteiger partial charge is 0.370 e. The number of rotatable bonds is 4. The van der Waals surface area contributed by atoms with Gasteiger partial charge in [0, 0.05) is 13.0 Å². The van der Waals surface area contributed by atoms with Crippen LogP contribution in [0.5, 0.6) is 0 Å². The first-order valence-corrected chi connectivity index (χ1v) is 4.49. The number of nitrogens with two attached hydrogens (primary N) is 1. The van der Waals surface area contributed by atoms with Gasteiger partial charge in [0.2, 0.25) is 11.8 Å². The van der Waals surface area contributed by atoms with Crippen molar-refractivity contribution in [1.29, 1.82) is 0 Å². The van der Waals surface area contributed by atoms with E-state index in [1.54, 1.807) is 0 Å². The maximum atomic E-state index is 11.3. The molecule has 74 valence electrons. The average Bonchev–Trinajstić information content (AvgIpc) is 2.55. The van der Waals surface area contributed by atoms with Crippen molar-refractivity contribution in [1.82, 2.24) is 10.6 Å². The van der Waals surface area contributed by atoms with Gasteiger partial charge in [-0.2, -0.15) is 0 Å². The number of carbonyl (C=O) groups is 2. The third kappa shape index (κ3) is 3.42. The van der Waals surface area contributed by atoms with E-state index in [0.717, 1.165) is 19.4 Å². The molecule has 1 unspecified atom stereocenters. The lowest BCUT2D eigenvalue weighted by Crippen LogP contribution is -2.41. The van der Waals surface area contributed by atoms with Crippen LogP contribution >= 0.6 is 0 Å². The molecule has 1 rings (SSSR count). The molecule has 0 spiro atoms. The van der Waals surface area contributed by atoms with Crippen LogP contribution < -0.4 is 16.4 Å². The first kappa shape index (κ1) is 9.98. The van der Waals surface area contributed by atoms with Gasteiger partial charge >= 0.3 is 0 Å². The molecule has 0 saturated carbocycles. The van der Waals surface area contributed by atoms with Gasteiger partial charge in [0.25, 0.3) is 0 Å². The van der Waals surface area contributed by atoms with E-state index < -0.39 is 0 Å². The third-order valence-electron chi connectivity index (χ3n) is 2.05. The van der Waals surface area contributed by atoms with Gasteiger partial charge in [0.1, 0.15) is 0 Å². The highest BCUT2D eigenvalue weighted by Gasteiger charge is 2.21. The summed E-state index contributed by atoms with van der Waals surface area (Å²) in [6.07, 6.45) is 2.12. The molecule has 5 nitrogen and oxygen atoms in total. The van der Waals surface area contributed by atoms with Gasteiger partial charge in [-0.1, -0.05) is 0 Å². The molecule has 0 radical (unpaired) electrons. The number of hydrogen-bond acceptors (Lipinski definition) is 3. The number of carbonyl (C=O) groups excluding carboxylic acids is 2. The second-order valence-electron chi connectivity index (χ2n) is 3.16. The SMILES string of the molecule is NC(=O)CCNC(=O)C1CCCN1. The summed E-state index contributed by atoms with van der Waals surface area (Å²) in [5.74, 6) is -0.418. The molecule has 1 aliphatic rings. The highest BCUT2D eigenvalue weighted by molar-refractivity contribution is 5.82. The number of hydrogen-bond donors (Lipinski definition) is 3. The van der Waals surface area contributed by atoms with E-state index in [4.69, 9.17) is 5.73 Å². The van der Waals surface area contributed by atoms with Crippen molar-refractivity contribution in [2.45, 2.75) is 25.3 Å². The second kappa shape index (κ2) is 4.81. The zero-order valence-corrected chi connectivity index (χ0v) is 7.51. The molecule has 0 aromatic rings. The molecule has 4 N–H and O–H groups in total. The molecule has 2 amide bonds. The molecular weight excluding hydrogens is 170 g/mol. The normalized spacial score (nSPS) is 21.4. The maximum absolute atomic E-state index is 11.3. The molecule has 1 saturated heterocycles. The minimum atomic E-state index is -0.389. The van der Waals surface area contributed by atoms with E-state index in [2.05, 4.69) is 10.6 Å². The van der Waals surface area contributed by atoms with Crippen molar-refractivity contribution in [3.8, 4) is 0 Å². The number of nitrogens with one attached hydrogen (secondary N) is 2. The Labute approximate surface area is 77.1 Å². The van der Waals surface area contributed by atoms with Crippen LogP contribution in [0.1, 0.15) is 19.3 Å². The van der Waals surface area contributed by atoms with Crippen LogP contribution in [0.4, 0.5) is 0 Å². The van der Waals surface area contributed by atoms with Crippen LogP contribution in [0.3, 0.4) is 0 Å². The topological polar surface area (TPSA) is 84.2 Å². The monoisotopic (exact) mass is 185 g/mol. The predicted octanol–water partition coefficient (Wildman–Crippen LogP) is -1.27. The molecule has 0 aliphatic carbocycles. The molecule has 1 heterocycles. The van der Waals surface area contributed by atoms with Gasteiger partial charge in [-0.05, 0) is 19.4 Å². The molecule has 13 heavy (non-hydrogen) atoms. The van der Waals surface area contributed by atoms with E-state index in [1.165, 1.54) is 0 Å². The van der Waals surface area contributed by atoms with Gasteiger partial charge in [-0.25, -0.2) is 0 Å². The Morgan fingerprint density at radius 2 is 2.31 bits per heavy atom. The van der Waals surface area contributed by atoms with Crippen LogP contribution in [0.15, 0.2) is 0 Å². The fourth-order valence-electron chi connectivity index (χ4n) is 1.34. The standard InChI is InChI=1S/C8H15N3O2/c9-7(12)3-5-11-8(13)6-2-1-4-10-6/h6,10H,1-5H2,(H2,9,12)(H,11,13). The van der Waals surface area contributed by atoms with Crippen molar-refractivity contribution in [2.75, 3.05) is 13.1 Å². The quantitative estimate of drug-likeness (QED) is 0.510.